The number of hydrogen-bond donors (Lipinski definition) is 1. The third-order valence-corrected chi connectivity index (χ3v) is 6.44. The van der Waals surface area contributed by atoms with E-state index in [1.165, 1.54) is 0 Å². The van der Waals surface area contributed by atoms with Crippen LogP contribution in [0, 0.1) is 5.92 Å². The number of aliphatic hydroxyl groups excluding tert-OH is 1. The summed E-state index contributed by atoms with van der Waals surface area (Å²) in [6, 6.07) is 9.26. The van der Waals surface area contributed by atoms with E-state index in [0.717, 1.165) is 38.0 Å². The summed E-state index contributed by atoms with van der Waals surface area (Å²) in [4.78, 5) is 15.5. The molecule has 3 fully saturated rings. The zero-order chi connectivity index (χ0) is 17.9. The lowest BCUT2D eigenvalue weighted by Crippen LogP contribution is -2.54. The molecule has 0 aliphatic carbocycles. The molecule has 3 aliphatic rings. The summed E-state index contributed by atoms with van der Waals surface area (Å²) >= 11 is 0. The fourth-order valence-electron chi connectivity index (χ4n) is 3.97. The minimum Gasteiger partial charge on any atom is -0.460 e. The van der Waals surface area contributed by atoms with E-state index >= 15 is 0 Å². The number of esters is 1. The number of aliphatic hydroxyl groups is 1. The van der Waals surface area contributed by atoms with Gasteiger partial charge in [-0.1, -0.05) is 30.3 Å². The van der Waals surface area contributed by atoms with Crippen LogP contribution in [-0.2, 0) is 25.7 Å². The van der Waals surface area contributed by atoms with Crippen molar-refractivity contribution in [2.45, 2.75) is 30.8 Å². The monoisotopic (exact) mass is 365 g/mol. The molecule has 6 heteroatoms. The smallest absolute Gasteiger partial charge is 0.319 e. The lowest BCUT2D eigenvalue weighted by atomic mass is 9.78. The molecule has 1 aromatic rings. The SMILES string of the molecule is C[S@@](=O)CC[C@](CO)(C(=O)O[C@@H]1CN2CCC1CC2)c1ccccc1. The highest BCUT2D eigenvalue weighted by atomic mass is 32.2. The summed E-state index contributed by atoms with van der Waals surface area (Å²) in [5.41, 5.74) is -0.409. The Morgan fingerprint density at radius 2 is 2.00 bits per heavy atom. The molecule has 0 saturated carbocycles. The topological polar surface area (TPSA) is 66.8 Å². The maximum atomic E-state index is 13.2. The van der Waals surface area contributed by atoms with E-state index in [9.17, 15) is 14.1 Å². The first-order chi connectivity index (χ1) is 12.0. The van der Waals surface area contributed by atoms with Gasteiger partial charge in [-0.3, -0.25) is 13.9 Å². The Morgan fingerprint density at radius 3 is 2.52 bits per heavy atom. The molecule has 5 nitrogen and oxygen atoms in total. The van der Waals surface area contributed by atoms with Crippen molar-refractivity contribution in [2.75, 3.05) is 38.2 Å². The molecule has 3 atom stereocenters. The first-order valence-electron chi connectivity index (χ1n) is 8.95. The quantitative estimate of drug-likeness (QED) is 0.739. The predicted octanol–water partition coefficient (Wildman–Crippen LogP) is 1.32. The summed E-state index contributed by atoms with van der Waals surface area (Å²) < 4.78 is 17.6. The summed E-state index contributed by atoms with van der Waals surface area (Å²) in [5, 5.41) is 10.2. The van der Waals surface area contributed by atoms with Gasteiger partial charge in [-0.25, -0.2) is 0 Å². The van der Waals surface area contributed by atoms with Gasteiger partial charge in [0, 0.05) is 29.4 Å². The second kappa shape index (κ2) is 7.98. The van der Waals surface area contributed by atoms with Crippen molar-refractivity contribution in [2.24, 2.45) is 5.92 Å². The van der Waals surface area contributed by atoms with E-state index in [1.54, 1.807) is 6.26 Å². The number of fused-ring (bicyclic) bond motifs is 3. The van der Waals surface area contributed by atoms with Crippen molar-refractivity contribution in [3.05, 3.63) is 35.9 Å². The number of benzene rings is 1. The number of carbonyl (C=O) groups excluding carboxylic acids is 1. The van der Waals surface area contributed by atoms with E-state index < -0.39 is 16.2 Å². The predicted molar refractivity (Wildman–Crippen MR) is 97.8 cm³/mol. The van der Waals surface area contributed by atoms with Crippen molar-refractivity contribution in [1.82, 2.24) is 4.90 Å². The van der Waals surface area contributed by atoms with Crippen LogP contribution in [0.3, 0.4) is 0 Å². The van der Waals surface area contributed by atoms with E-state index in [-0.39, 0.29) is 18.7 Å². The van der Waals surface area contributed by atoms with E-state index in [1.807, 2.05) is 30.3 Å². The molecule has 138 valence electrons. The molecule has 25 heavy (non-hydrogen) atoms. The standard InChI is InChI=1S/C19H27NO4S/c1-25(23)12-9-19(14-21,16-5-3-2-4-6-16)18(22)24-17-13-20-10-7-15(17)8-11-20/h2-6,15,17,21H,7-14H2,1H3/t17-,19-,25-/m1/s1. The number of rotatable bonds is 7. The van der Waals surface area contributed by atoms with Crippen LogP contribution in [0.15, 0.2) is 30.3 Å². The van der Waals surface area contributed by atoms with Crippen molar-refractivity contribution < 1.29 is 18.8 Å². The highest BCUT2D eigenvalue weighted by Crippen LogP contribution is 2.34. The Balaban J connectivity index is 1.82. The summed E-state index contributed by atoms with van der Waals surface area (Å²) in [6.45, 7) is 2.61. The van der Waals surface area contributed by atoms with Gasteiger partial charge < -0.3 is 9.84 Å². The number of hydrogen-bond acceptors (Lipinski definition) is 5. The van der Waals surface area contributed by atoms with Crippen molar-refractivity contribution in [3.63, 3.8) is 0 Å². The first kappa shape index (κ1) is 18.5. The van der Waals surface area contributed by atoms with Gasteiger partial charge in [0.2, 0.25) is 0 Å². The van der Waals surface area contributed by atoms with Gasteiger partial charge in [0.1, 0.15) is 11.5 Å². The van der Waals surface area contributed by atoms with Crippen LogP contribution in [-0.4, -0.2) is 64.5 Å². The zero-order valence-electron chi connectivity index (χ0n) is 14.7. The van der Waals surface area contributed by atoms with Gasteiger partial charge in [0.15, 0.2) is 0 Å². The molecule has 1 N–H and O–H groups in total. The fraction of sp³-hybridized carbons (Fsp3) is 0.632. The van der Waals surface area contributed by atoms with E-state index in [2.05, 4.69) is 4.90 Å². The lowest BCUT2D eigenvalue weighted by Gasteiger charge is -2.45. The minimum atomic E-state index is -1.14. The van der Waals surface area contributed by atoms with Gasteiger partial charge in [-0.05, 0) is 43.8 Å². The van der Waals surface area contributed by atoms with E-state index in [0.29, 0.717) is 18.1 Å². The van der Waals surface area contributed by atoms with Crippen LogP contribution in [0.4, 0.5) is 0 Å². The molecule has 3 heterocycles. The van der Waals surface area contributed by atoms with Gasteiger partial charge in [-0.2, -0.15) is 0 Å². The Morgan fingerprint density at radius 1 is 1.32 bits per heavy atom. The molecule has 1 aromatic carbocycles. The van der Waals surface area contributed by atoms with Gasteiger partial charge in [-0.15, -0.1) is 0 Å². The number of piperidine rings is 3. The normalized spacial score (nSPS) is 29.0. The summed E-state index contributed by atoms with van der Waals surface area (Å²) in [6.07, 6.45) is 3.96. The van der Waals surface area contributed by atoms with Gasteiger partial charge >= 0.3 is 5.97 Å². The highest BCUT2D eigenvalue weighted by molar-refractivity contribution is 7.84. The third-order valence-electron chi connectivity index (χ3n) is 5.66. The molecule has 4 rings (SSSR count). The Kier molecular flexibility index (Phi) is 5.92. The second-order valence-corrected chi connectivity index (χ2v) is 8.77. The van der Waals surface area contributed by atoms with Gasteiger partial charge in [0.25, 0.3) is 0 Å². The van der Waals surface area contributed by atoms with Crippen LogP contribution in [0.5, 0.6) is 0 Å². The summed E-state index contributed by atoms with van der Waals surface area (Å²) in [5.74, 6) is 0.386. The molecule has 0 unspecified atom stereocenters. The molecule has 0 radical (unpaired) electrons. The second-order valence-electron chi connectivity index (χ2n) is 7.22. The Bertz CT molecular complexity index is 615. The molecule has 3 aliphatic heterocycles. The number of ether oxygens (including phenoxy) is 1. The van der Waals surface area contributed by atoms with Crippen LogP contribution < -0.4 is 0 Å². The Hall–Kier alpha value is -1.24. The third kappa shape index (κ3) is 3.96. The van der Waals surface area contributed by atoms with Crippen molar-refractivity contribution in [3.8, 4) is 0 Å². The average Bonchev–Trinajstić information content (AvgIpc) is 2.64. The molecular formula is C19H27NO4S. The molecular weight excluding hydrogens is 338 g/mol. The fourth-order valence-corrected chi connectivity index (χ4v) is 4.60. The zero-order valence-corrected chi connectivity index (χ0v) is 15.5. The largest absolute Gasteiger partial charge is 0.460 e. The molecule has 0 spiro atoms. The summed E-state index contributed by atoms with van der Waals surface area (Å²) in [7, 11) is -1.04. The molecule has 0 amide bonds. The first-order valence-corrected chi connectivity index (χ1v) is 10.7. The van der Waals surface area contributed by atoms with Crippen LogP contribution >= 0.6 is 0 Å². The van der Waals surface area contributed by atoms with Crippen molar-refractivity contribution in [1.29, 1.82) is 0 Å². The number of carbonyl (C=O) groups is 1. The molecule has 3 saturated heterocycles. The van der Waals surface area contributed by atoms with Crippen LogP contribution in [0.25, 0.3) is 0 Å². The van der Waals surface area contributed by atoms with Crippen LogP contribution in [0.2, 0.25) is 0 Å². The Labute approximate surface area is 151 Å². The van der Waals surface area contributed by atoms with E-state index in [4.69, 9.17) is 4.74 Å². The van der Waals surface area contributed by atoms with Crippen LogP contribution in [0.1, 0.15) is 24.8 Å². The van der Waals surface area contributed by atoms with Crippen molar-refractivity contribution >= 4 is 16.8 Å². The average molecular weight is 365 g/mol. The maximum absolute atomic E-state index is 13.2. The lowest BCUT2D eigenvalue weighted by molar-refractivity contribution is -0.167. The minimum absolute atomic E-state index is 0.100. The highest BCUT2D eigenvalue weighted by Gasteiger charge is 2.45. The number of nitrogens with zero attached hydrogens (tertiary/aromatic N) is 1. The molecule has 0 aromatic heterocycles. The molecule has 2 bridgehead atoms. The maximum Gasteiger partial charge on any atom is 0.319 e. The van der Waals surface area contributed by atoms with Gasteiger partial charge in [0.05, 0.1) is 6.61 Å².